The third kappa shape index (κ3) is 2.04. The number of hydrogen-bond acceptors (Lipinski definition) is 4. The number of rotatable bonds is 3. The molecule has 2 saturated carbocycles. The standard InChI is InChI=1S/C18H23NO3/c1-17(2)12-9-10-18(17,3)15(11-12)19-22-16(20)13-7-5-6-8-14(13)21-4/h5-8,12H,9-11H2,1-4H3/b19-15-. The van der Waals surface area contributed by atoms with E-state index in [1.807, 2.05) is 6.07 Å². The van der Waals surface area contributed by atoms with E-state index in [4.69, 9.17) is 9.57 Å². The zero-order chi connectivity index (χ0) is 16.0. The number of ether oxygens (including phenoxy) is 1. The minimum atomic E-state index is -0.464. The SMILES string of the molecule is COc1ccccc1C(=O)O/N=C1/CC2CCC1(C)C2(C)C. The van der Waals surface area contributed by atoms with Gasteiger partial charge in [0.05, 0.1) is 12.8 Å². The summed E-state index contributed by atoms with van der Waals surface area (Å²) < 4.78 is 5.19. The summed E-state index contributed by atoms with van der Waals surface area (Å²) in [7, 11) is 1.54. The average Bonchev–Trinajstić information content (AvgIpc) is 2.85. The Morgan fingerprint density at radius 2 is 2.00 bits per heavy atom. The highest BCUT2D eigenvalue weighted by Gasteiger charge is 2.60. The predicted molar refractivity (Wildman–Crippen MR) is 85.1 cm³/mol. The maximum Gasteiger partial charge on any atom is 0.369 e. The van der Waals surface area contributed by atoms with Crippen LogP contribution >= 0.6 is 0 Å². The van der Waals surface area contributed by atoms with Crippen molar-refractivity contribution >= 4 is 11.7 Å². The Balaban J connectivity index is 1.80. The van der Waals surface area contributed by atoms with Crippen LogP contribution in [0, 0.1) is 16.7 Å². The molecule has 2 bridgehead atoms. The first-order valence-electron chi connectivity index (χ1n) is 7.82. The lowest BCUT2D eigenvalue weighted by molar-refractivity contribution is 0.0504. The van der Waals surface area contributed by atoms with Crippen LogP contribution in [0.1, 0.15) is 50.4 Å². The number of carbonyl (C=O) groups excluding carboxylic acids is 1. The summed E-state index contributed by atoms with van der Waals surface area (Å²) in [6, 6.07) is 7.04. The van der Waals surface area contributed by atoms with Crippen LogP contribution in [0.3, 0.4) is 0 Å². The number of oxime groups is 1. The van der Waals surface area contributed by atoms with E-state index in [0.717, 1.165) is 18.6 Å². The van der Waals surface area contributed by atoms with Gasteiger partial charge < -0.3 is 9.57 Å². The number of nitrogens with zero attached hydrogens (tertiary/aromatic N) is 1. The van der Waals surface area contributed by atoms with E-state index in [9.17, 15) is 4.79 Å². The molecule has 0 aliphatic heterocycles. The molecule has 2 unspecified atom stereocenters. The van der Waals surface area contributed by atoms with E-state index in [2.05, 4.69) is 25.9 Å². The van der Waals surface area contributed by atoms with E-state index in [1.54, 1.807) is 18.2 Å². The molecule has 22 heavy (non-hydrogen) atoms. The topological polar surface area (TPSA) is 47.9 Å². The Morgan fingerprint density at radius 3 is 2.59 bits per heavy atom. The van der Waals surface area contributed by atoms with Crippen molar-refractivity contribution in [1.82, 2.24) is 0 Å². The summed E-state index contributed by atoms with van der Waals surface area (Å²) in [4.78, 5) is 17.5. The van der Waals surface area contributed by atoms with Crippen LogP contribution in [0.25, 0.3) is 0 Å². The Morgan fingerprint density at radius 1 is 1.27 bits per heavy atom. The molecule has 0 heterocycles. The van der Waals surface area contributed by atoms with Crippen LogP contribution in [0.2, 0.25) is 0 Å². The number of benzene rings is 1. The molecule has 0 spiro atoms. The van der Waals surface area contributed by atoms with Crippen molar-refractivity contribution in [2.75, 3.05) is 7.11 Å². The van der Waals surface area contributed by atoms with Crippen molar-refractivity contribution < 1.29 is 14.4 Å². The molecule has 0 amide bonds. The van der Waals surface area contributed by atoms with Crippen molar-refractivity contribution in [3.8, 4) is 5.75 Å². The third-order valence-electron chi connectivity index (χ3n) is 6.08. The molecule has 2 aliphatic carbocycles. The molecular weight excluding hydrogens is 278 g/mol. The summed E-state index contributed by atoms with van der Waals surface area (Å²) >= 11 is 0. The van der Waals surface area contributed by atoms with Crippen molar-refractivity contribution in [3.63, 3.8) is 0 Å². The molecule has 0 N–H and O–H groups in total. The molecule has 118 valence electrons. The normalized spacial score (nSPS) is 30.5. The van der Waals surface area contributed by atoms with Gasteiger partial charge in [-0.25, -0.2) is 4.79 Å². The third-order valence-corrected chi connectivity index (χ3v) is 6.08. The van der Waals surface area contributed by atoms with Gasteiger partial charge in [-0.1, -0.05) is 38.1 Å². The summed E-state index contributed by atoms with van der Waals surface area (Å²) in [5, 5.41) is 4.24. The van der Waals surface area contributed by atoms with Crippen LogP contribution in [0.4, 0.5) is 0 Å². The van der Waals surface area contributed by atoms with Gasteiger partial charge in [0.15, 0.2) is 0 Å². The molecule has 3 rings (SSSR count). The average molecular weight is 301 g/mol. The molecule has 2 atom stereocenters. The number of methoxy groups -OCH3 is 1. The summed E-state index contributed by atoms with van der Waals surface area (Å²) in [6.07, 6.45) is 3.29. The van der Waals surface area contributed by atoms with E-state index in [1.165, 1.54) is 13.5 Å². The fourth-order valence-corrected chi connectivity index (χ4v) is 4.03. The van der Waals surface area contributed by atoms with Crippen molar-refractivity contribution in [2.24, 2.45) is 21.9 Å². The Hall–Kier alpha value is -1.84. The lowest BCUT2D eigenvalue weighted by Crippen LogP contribution is -2.32. The van der Waals surface area contributed by atoms with Crippen LogP contribution in [0.5, 0.6) is 5.75 Å². The van der Waals surface area contributed by atoms with Crippen molar-refractivity contribution in [3.05, 3.63) is 29.8 Å². The first-order chi connectivity index (χ1) is 10.4. The fourth-order valence-electron chi connectivity index (χ4n) is 4.03. The fraction of sp³-hybridized carbons (Fsp3) is 0.556. The van der Waals surface area contributed by atoms with Gasteiger partial charge in [0.2, 0.25) is 0 Å². The quantitative estimate of drug-likeness (QED) is 0.625. The van der Waals surface area contributed by atoms with E-state index in [-0.39, 0.29) is 10.8 Å². The maximum absolute atomic E-state index is 12.2. The van der Waals surface area contributed by atoms with Gasteiger partial charge in [-0.2, -0.15) is 0 Å². The summed E-state index contributed by atoms with van der Waals surface area (Å²) in [5.41, 5.74) is 1.69. The van der Waals surface area contributed by atoms with E-state index in [0.29, 0.717) is 17.2 Å². The molecular formula is C18H23NO3. The molecule has 1 aromatic rings. The van der Waals surface area contributed by atoms with Crippen molar-refractivity contribution in [2.45, 2.75) is 40.0 Å². The highest BCUT2D eigenvalue weighted by molar-refractivity contribution is 5.96. The number of fused-ring (bicyclic) bond motifs is 2. The lowest BCUT2D eigenvalue weighted by atomic mass is 9.70. The molecule has 4 nitrogen and oxygen atoms in total. The van der Waals surface area contributed by atoms with Gasteiger partial charge in [-0.05, 0) is 42.7 Å². The molecule has 0 saturated heterocycles. The molecule has 0 radical (unpaired) electrons. The van der Waals surface area contributed by atoms with E-state index < -0.39 is 5.97 Å². The Kier molecular flexibility index (Phi) is 3.50. The van der Waals surface area contributed by atoms with Gasteiger partial charge >= 0.3 is 5.97 Å². The van der Waals surface area contributed by atoms with Crippen LogP contribution in [-0.4, -0.2) is 18.8 Å². The predicted octanol–water partition coefficient (Wildman–Crippen LogP) is 4.05. The number of hydrogen-bond donors (Lipinski definition) is 0. The van der Waals surface area contributed by atoms with Crippen LogP contribution < -0.4 is 4.74 Å². The monoisotopic (exact) mass is 301 g/mol. The van der Waals surface area contributed by atoms with Gasteiger partial charge in [0.1, 0.15) is 11.3 Å². The van der Waals surface area contributed by atoms with Crippen molar-refractivity contribution in [1.29, 1.82) is 0 Å². The Labute approximate surface area is 131 Å². The second-order valence-electron chi connectivity index (χ2n) is 7.11. The maximum atomic E-state index is 12.2. The van der Waals surface area contributed by atoms with Crippen LogP contribution in [0.15, 0.2) is 29.4 Å². The molecule has 2 fully saturated rings. The molecule has 2 aliphatic rings. The zero-order valence-electron chi connectivity index (χ0n) is 13.7. The molecule has 1 aromatic carbocycles. The van der Waals surface area contributed by atoms with Gasteiger partial charge in [-0.15, -0.1) is 0 Å². The second-order valence-corrected chi connectivity index (χ2v) is 7.11. The van der Waals surface area contributed by atoms with Gasteiger partial charge in [0, 0.05) is 5.41 Å². The lowest BCUT2D eigenvalue weighted by Gasteiger charge is -2.34. The highest BCUT2D eigenvalue weighted by Crippen LogP contribution is 2.64. The largest absolute Gasteiger partial charge is 0.496 e. The van der Waals surface area contributed by atoms with E-state index >= 15 is 0 Å². The zero-order valence-corrected chi connectivity index (χ0v) is 13.7. The second kappa shape index (κ2) is 5.11. The first kappa shape index (κ1) is 15.1. The smallest absolute Gasteiger partial charge is 0.369 e. The Bertz CT molecular complexity index is 635. The number of para-hydroxylation sites is 1. The summed E-state index contributed by atoms with van der Waals surface area (Å²) in [6.45, 7) is 6.85. The summed E-state index contributed by atoms with van der Waals surface area (Å²) in [5.74, 6) is 0.683. The van der Waals surface area contributed by atoms with Gasteiger partial charge in [0.25, 0.3) is 0 Å². The first-order valence-corrected chi connectivity index (χ1v) is 7.82. The number of carbonyl (C=O) groups is 1. The highest BCUT2D eigenvalue weighted by atomic mass is 16.7. The minimum absolute atomic E-state index is 0.0404. The minimum Gasteiger partial charge on any atom is -0.496 e. The van der Waals surface area contributed by atoms with Crippen LogP contribution in [-0.2, 0) is 4.84 Å². The van der Waals surface area contributed by atoms with Gasteiger partial charge in [-0.3, -0.25) is 0 Å². The molecule has 4 heteroatoms. The molecule has 0 aromatic heterocycles.